The number of anilines is 1. The Kier molecular flexibility index (Phi) is 4.63. The second-order valence-electron chi connectivity index (χ2n) is 5.99. The fourth-order valence-electron chi connectivity index (χ4n) is 2.06. The predicted octanol–water partition coefficient (Wildman–Crippen LogP) is 2.78. The minimum absolute atomic E-state index is 0.0660. The molecule has 0 saturated heterocycles. The van der Waals surface area contributed by atoms with Gasteiger partial charge in [-0.05, 0) is 30.5 Å². The molecule has 0 radical (unpaired) electrons. The number of rotatable bonds is 4. The van der Waals surface area contributed by atoms with Crippen LogP contribution in [0.4, 0.5) is 5.69 Å². The molecule has 0 spiro atoms. The first kappa shape index (κ1) is 14.8. The summed E-state index contributed by atoms with van der Waals surface area (Å²) in [5, 5.41) is 0. The van der Waals surface area contributed by atoms with E-state index in [0.29, 0.717) is 0 Å². The van der Waals surface area contributed by atoms with Crippen LogP contribution < -0.4 is 15.4 Å². The highest BCUT2D eigenvalue weighted by Gasteiger charge is 2.20. The number of benzene rings is 1. The van der Waals surface area contributed by atoms with E-state index in [0.717, 1.165) is 12.3 Å². The van der Waals surface area contributed by atoms with E-state index in [-0.39, 0.29) is 11.5 Å². The maximum Gasteiger partial charge on any atom is 0.122 e. The smallest absolute Gasteiger partial charge is 0.122 e. The number of ether oxygens (including phenoxy) is 1. The molecule has 1 aromatic carbocycles. The number of methoxy groups -OCH3 is 1. The van der Waals surface area contributed by atoms with E-state index in [1.54, 1.807) is 7.11 Å². The van der Waals surface area contributed by atoms with Crippen molar-refractivity contribution in [2.45, 2.75) is 39.2 Å². The van der Waals surface area contributed by atoms with Crippen LogP contribution >= 0.6 is 0 Å². The molecule has 1 rings (SSSR count). The van der Waals surface area contributed by atoms with Gasteiger partial charge in [-0.3, -0.25) is 0 Å². The lowest BCUT2D eigenvalue weighted by Gasteiger charge is -2.27. The van der Waals surface area contributed by atoms with Gasteiger partial charge in [0.1, 0.15) is 5.75 Å². The number of nitrogens with two attached hydrogens (primary N) is 1. The lowest BCUT2D eigenvalue weighted by atomic mass is 9.86. The summed E-state index contributed by atoms with van der Waals surface area (Å²) < 4.78 is 5.44. The highest BCUT2D eigenvalue weighted by Crippen LogP contribution is 2.34. The van der Waals surface area contributed by atoms with Gasteiger partial charge in [-0.1, -0.05) is 20.8 Å². The fourth-order valence-corrected chi connectivity index (χ4v) is 2.06. The fraction of sp³-hybridized carbons (Fsp3) is 0.600. The molecule has 0 bridgehead atoms. The molecule has 0 amide bonds. The van der Waals surface area contributed by atoms with Gasteiger partial charge in [0, 0.05) is 30.9 Å². The Labute approximate surface area is 111 Å². The van der Waals surface area contributed by atoms with Gasteiger partial charge in [0.25, 0.3) is 0 Å². The predicted molar refractivity (Wildman–Crippen MR) is 78.6 cm³/mol. The molecular weight excluding hydrogens is 224 g/mol. The van der Waals surface area contributed by atoms with Crippen LogP contribution in [-0.2, 0) is 5.41 Å². The minimum atomic E-state index is 0.0660. The summed E-state index contributed by atoms with van der Waals surface area (Å²) in [7, 11) is 3.79. The molecule has 1 aromatic rings. The molecule has 0 aromatic heterocycles. The second-order valence-corrected chi connectivity index (χ2v) is 5.99. The van der Waals surface area contributed by atoms with Crippen LogP contribution in [0.25, 0.3) is 0 Å². The van der Waals surface area contributed by atoms with Gasteiger partial charge < -0.3 is 15.4 Å². The summed E-state index contributed by atoms with van der Waals surface area (Å²) in [6.45, 7) is 9.45. The van der Waals surface area contributed by atoms with E-state index in [1.165, 1.54) is 11.3 Å². The van der Waals surface area contributed by atoms with Gasteiger partial charge in [-0.25, -0.2) is 0 Å². The molecule has 0 heterocycles. The zero-order valence-corrected chi connectivity index (χ0v) is 12.4. The Bertz CT molecular complexity index is 394. The molecule has 3 nitrogen and oxygen atoms in total. The lowest BCUT2D eigenvalue weighted by molar-refractivity contribution is 0.397. The van der Waals surface area contributed by atoms with Crippen LogP contribution in [0.5, 0.6) is 5.75 Å². The minimum Gasteiger partial charge on any atom is -0.496 e. The Morgan fingerprint density at radius 2 is 1.94 bits per heavy atom. The molecule has 0 aliphatic rings. The Morgan fingerprint density at radius 1 is 1.33 bits per heavy atom. The van der Waals surface area contributed by atoms with E-state index in [4.69, 9.17) is 10.5 Å². The van der Waals surface area contributed by atoms with Crippen molar-refractivity contribution >= 4 is 5.69 Å². The highest BCUT2D eigenvalue weighted by atomic mass is 16.5. The van der Waals surface area contributed by atoms with E-state index in [2.05, 4.69) is 44.9 Å². The summed E-state index contributed by atoms with van der Waals surface area (Å²) in [6, 6.07) is 6.47. The summed E-state index contributed by atoms with van der Waals surface area (Å²) in [4.78, 5) is 2.18. The number of nitrogens with zero attached hydrogens (tertiary/aromatic N) is 1. The van der Waals surface area contributed by atoms with Crippen LogP contribution in [0, 0.1) is 0 Å². The third kappa shape index (κ3) is 3.64. The van der Waals surface area contributed by atoms with Crippen molar-refractivity contribution in [3.05, 3.63) is 23.8 Å². The van der Waals surface area contributed by atoms with Crippen LogP contribution in [0.3, 0.4) is 0 Å². The topological polar surface area (TPSA) is 38.5 Å². The first-order valence-corrected chi connectivity index (χ1v) is 6.41. The van der Waals surface area contributed by atoms with Crippen molar-refractivity contribution < 1.29 is 4.74 Å². The molecule has 102 valence electrons. The van der Waals surface area contributed by atoms with Crippen LogP contribution in [-0.4, -0.2) is 26.7 Å². The molecule has 3 heteroatoms. The molecule has 1 atom stereocenters. The zero-order chi connectivity index (χ0) is 13.9. The largest absolute Gasteiger partial charge is 0.496 e. The van der Waals surface area contributed by atoms with Crippen LogP contribution in [0.2, 0.25) is 0 Å². The molecule has 0 aliphatic heterocycles. The Balaban J connectivity index is 3.10. The van der Waals surface area contributed by atoms with Crippen molar-refractivity contribution in [2.75, 3.05) is 25.6 Å². The molecule has 1 unspecified atom stereocenters. The monoisotopic (exact) mass is 250 g/mol. The van der Waals surface area contributed by atoms with Gasteiger partial charge >= 0.3 is 0 Å². The van der Waals surface area contributed by atoms with Crippen molar-refractivity contribution in [3.8, 4) is 5.75 Å². The normalized spacial score (nSPS) is 13.3. The summed E-state index contributed by atoms with van der Waals surface area (Å²) in [6.07, 6.45) is 0. The third-order valence-corrected chi connectivity index (χ3v) is 2.99. The first-order valence-electron chi connectivity index (χ1n) is 6.41. The maximum atomic E-state index is 5.84. The van der Waals surface area contributed by atoms with E-state index in [1.807, 2.05) is 13.0 Å². The number of hydrogen-bond acceptors (Lipinski definition) is 3. The molecular formula is C15H26N2O. The van der Waals surface area contributed by atoms with Crippen LogP contribution in [0.1, 0.15) is 33.3 Å². The van der Waals surface area contributed by atoms with Gasteiger partial charge in [-0.15, -0.1) is 0 Å². The van der Waals surface area contributed by atoms with Crippen molar-refractivity contribution in [1.29, 1.82) is 0 Å². The number of hydrogen-bond donors (Lipinski definition) is 1. The van der Waals surface area contributed by atoms with Crippen molar-refractivity contribution in [3.63, 3.8) is 0 Å². The van der Waals surface area contributed by atoms with Gasteiger partial charge in [0.2, 0.25) is 0 Å². The number of likely N-dealkylation sites (N-methyl/N-ethyl adjacent to an activating group) is 1. The molecule has 0 aliphatic carbocycles. The van der Waals surface area contributed by atoms with Crippen molar-refractivity contribution in [1.82, 2.24) is 0 Å². The summed E-state index contributed by atoms with van der Waals surface area (Å²) >= 11 is 0. The average molecular weight is 250 g/mol. The SMILES string of the molecule is COc1ccc(N(C)CC(C)N)cc1C(C)(C)C. The summed E-state index contributed by atoms with van der Waals surface area (Å²) in [5.41, 5.74) is 8.31. The van der Waals surface area contributed by atoms with Crippen molar-refractivity contribution in [2.24, 2.45) is 5.73 Å². The zero-order valence-electron chi connectivity index (χ0n) is 12.4. The maximum absolute atomic E-state index is 5.84. The summed E-state index contributed by atoms with van der Waals surface area (Å²) in [5.74, 6) is 0.945. The highest BCUT2D eigenvalue weighted by molar-refractivity contribution is 5.54. The molecule has 0 saturated carbocycles. The van der Waals surface area contributed by atoms with Gasteiger partial charge in [0.05, 0.1) is 7.11 Å². The van der Waals surface area contributed by atoms with Gasteiger partial charge in [0.15, 0.2) is 0 Å². The second kappa shape index (κ2) is 5.61. The molecule has 18 heavy (non-hydrogen) atoms. The lowest BCUT2D eigenvalue weighted by Crippen LogP contribution is -2.33. The van der Waals surface area contributed by atoms with E-state index >= 15 is 0 Å². The van der Waals surface area contributed by atoms with Gasteiger partial charge in [-0.2, -0.15) is 0 Å². The average Bonchev–Trinajstić information content (AvgIpc) is 2.26. The standard InChI is InChI=1S/C15H26N2O/c1-11(16)10-17(5)12-7-8-14(18-6)13(9-12)15(2,3)4/h7-9,11H,10,16H2,1-6H3. The Morgan fingerprint density at radius 3 is 2.39 bits per heavy atom. The third-order valence-electron chi connectivity index (χ3n) is 2.99. The van der Waals surface area contributed by atoms with E-state index < -0.39 is 0 Å². The molecule has 2 N–H and O–H groups in total. The first-order chi connectivity index (χ1) is 8.25. The molecule has 0 fully saturated rings. The quantitative estimate of drug-likeness (QED) is 0.893. The van der Waals surface area contributed by atoms with E-state index in [9.17, 15) is 0 Å². The van der Waals surface area contributed by atoms with Crippen LogP contribution in [0.15, 0.2) is 18.2 Å². The Hall–Kier alpha value is -1.22.